The van der Waals surface area contributed by atoms with Crippen LogP contribution in [0.1, 0.15) is 6.42 Å². The fourth-order valence-corrected chi connectivity index (χ4v) is 3.61. The van der Waals surface area contributed by atoms with Crippen molar-refractivity contribution in [3.63, 3.8) is 0 Å². The number of carbonyl (C=O) groups is 1. The van der Waals surface area contributed by atoms with Gasteiger partial charge in [0.1, 0.15) is 12.1 Å². The van der Waals surface area contributed by atoms with E-state index in [-0.39, 0.29) is 11.7 Å². The van der Waals surface area contributed by atoms with Gasteiger partial charge in [0.15, 0.2) is 5.16 Å². The number of nitrogens with zero attached hydrogens (tertiary/aromatic N) is 4. The third-order valence-corrected chi connectivity index (χ3v) is 5.33. The average Bonchev–Trinajstić information content (AvgIpc) is 3.24. The van der Waals surface area contributed by atoms with Gasteiger partial charge in [-0.25, -0.2) is 0 Å². The molecule has 1 N–H and O–H groups in total. The molecule has 7 nitrogen and oxygen atoms in total. The van der Waals surface area contributed by atoms with Crippen LogP contribution in [-0.4, -0.2) is 53.7 Å². The first-order valence-corrected chi connectivity index (χ1v) is 10.4. The van der Waals surface area contributed by atoms with Gasteiger partial charge in [0.05, 0.1) is 18.6 Å². The molecule has 0 spiro atoms. The number of anilines is 1. The summed E-state index contributed by atoms with van der Waals surface area (Å²) in [6.07, 6.45) is 2.50. The van der Waals surface area contributed by atoms with Crippen LogP contribution >= 0.6 is 11.8 Å². The van der Waals surface area contributed by atoms with Crippen molar-refractivity contribution < 1.29 is 9.53 Å². The number of para-hydroxylation sites is 3. The Morgan fingerprint density at radius 2 is 1.93 bits per heavy atom. The van der Waals surface area contributed by atoms with Gasteiger partial charge in [-0.15, -0.1) is 10.2 Å². The maximum Gasteiger partial charge on any atom is 0.230 e. The number of nitrogens with one attached hydrogen (secondary N) is 1. The number of methoxy groups -OCH3 is 1. The number of thioether (sulfide) groups is 1. The molecule has 1 aromatic heterocycles. The monoisotopic (exact) mass is 411 g/mol. The molecule has 3 aromatic rings. The standard InChI is InChI=1S/C21H25N5O2S/c1-25(17-9-4-3-5-10-17)14-8-13-22-20(27)15-29-21-24-23-16-26(21)18-11-6-7-12-19(18)28-2/h3-7,9-12,16H,8,13-15H2,1-2H3,(H,22,27). The van der Waals surface area contributed by atoms with Gasteiger partial charge < -0.3 is 15.0 Å². The quantitative estimate of drug-likeness (QED) is 0.408. The van der Waals surface area contributed by atoms with E-state index in [9.17, 15) is 4.79 Å². The molecule has 152 valence electrons. The van der Waals surface area contributed by atoms with E-state index in [0.29, 0.717) is 11.7 Å². The molecule has 0 unspecified atom stereocenters. The summed E-state index contributed by atoms with van der Waals surface area (Å²) in [6.45, 7) is 1.51. The number of hydrogen-bond acceptors (Lipinski definition) is 6. The van der Waals surface area contributed by atoms with Crippen molar-refractivity contribution in [3.05, 3.63) is 60.9 Å². The molecule has 0 bridgehead atoms. The van der Waals surface area contributed by atoms with E-state index in [1.807, 2.05) is 47.0 Å². The summed E-state index contributed by atoms with van der Waals surface area (Å²) in [4.78, 5) is 14.4. The Labute approximate surface area is 175 Å². The van der Waals surface area contributed by atoms with Gasteiger partial charge in [0, 0.05) is 25.8 Å². The fraction of sp³-hybridized carbons (Fsp3) is 0.286. The molecule has 3 rings (SSSR count). The van der Waals surface area contributed by atoms with Crippen LogP contribution in [0.2, 0.25) is 0 Å². The van der Waals surface area contributed by atoms with E-state index in [0.717, 1.165) is 24.4 Å². The Balaban J connectivity index is 1.44. The van der Waals surface area contributed by atoms with Crippen LogP contribution < -0.4 is 15.0 Å². The number of ether oxygens (including phenoxy) is 1. The molecule has 2 aromatic carbocycles. The van der Waals surface area contributed by atoms with E-state index in [1.54, 1.807) is 13.4 Å². The molecular weight excluding hydrogens is 386 g/mol. The molecule has 1 heterocycles. The lowest BCUT2D eigenvalue weighted by Gasteiger charge is -2.19. The molecule has 29 heavy (non-hydrogen) atoms. The second-order valence-electron chi connectivity index (χ2n) is 6.40. The first-order chi connectivity index (χ1) is 14.2. The zero-order valence-corrected chi connectivity index (χ0v) is 17.4. The first-order valence-electron chi connectivity index (χ1n) is 9.38. The van der Waals surface area contributed by atoms with Crippen molar-refractivity contribution in [1.29, 1.82) is 0 Å². The lowest BCUT2D eigenvalue weighted by Crippen LogP contribution is -2.29. The van der Waals surface area contributed by atoms with Gasteiger partial charge in [-0.05, 0) is 30.7 Å². The summed E-state index contributed by atoms with van der Waals surface area (Å²) in [7, 11) is 3.68. The Morgan fingerprint density at radius 3 is 2.72 bits per heavy atom. The van der Waals surface area contributed by atoms with Crippen LogP contribution in [0.3, 0.4) is 0 Å². The molecule has 0 aliphatic heterocycles. The Hall–Kier alpha value is -3.00. The summed E-state index contributed by atoms with van der Waals surface area (Å²) in [5.74, 6) is 0.982. The van der Waals surface area contributed by atoms with Crippen LogP contribution in [0.4, 0.5) is 5.69 Å². The van der Waals surface area contributed by atoms with Crippen molar-refractivity contribution in [1.82, 2.24) is 20.1 Å². The molecule has 0 fully saturated rings. The van der Waals surface area contributed by atoms with Crippen molar-refractivity contribution in [3.8, 4) is 11.4 Å². The van der Waals surface area contributed by atoms with E-state index in [2.05, 4.69) is 39.6 Å². The number of rotatable bonds is 10. The van der Waals surface area contributed by atoms with Gasteiger partial charge >= 0.3 is 0 Å². The zero-order chi connectivity index (χ0) is 20.5. The smallest absolute Gasteiger partial charge is 0.230 e. The molecule has 0 aliphatic rings. The fourth-order valence-electron chi connectivity index (χ4n) is 2.85. The molecule has 1 amide bonds. The van der Waals surface area contributed by atoms with Crippen molar-refractivity contribution >= 4 is 23.4 Å². The Kier molecular flexibility index (Phi) is 7.52. The van der Waals surface area contributed by atoms with Gasteiger partial charge in [-0.3, -0.25) is 9.36 Å². The van der Waals surface area contributed by atoms with Gasteiger partial charge in [-0.1, -0.05) is 42.1 Å². The maximum atomic E-state index is 12.2. The van der Waals surface area contributed by atoms with Gasteiger partial charge in [0.25, 0.3) is 0 Å². The first kappa shape index (κ1) is 20.7. The third kappa shape index (κ3) is 5.74. The van der Waals surface area contributed by atoms with Crippen molar-refractivity contribution in [2.45, 2.75) is 11.6 Å². The molecule has 0 saturated carbocycles. The SMILES string of the molecule is COc1ccccc1-n1cnnc1SCC(=O)NCCCN(C)c1ccccc1. The highest BCUT2D eigenvalue weighted by Gasteiger charge is 2.13. The van der Waals surface area contributed by atoms with Crippen LogP contribution in [0.5, 0.6) is 5.75 Å². The van der Waals surface area contributed by atoms with Gasteiger partial charge in [-0.2, -0.15) is 0 Å². The predicted molar refractivity (Wildman–Crippen MR) is 116 cm³/mol. The highest BCUT2D eigenvalue weighted by atomic mass is 32.2. The lowest BCUT2D eigenvalue weighted by molar-refractivity contribution is -0.118. The highest BCUT2D eigenvalue weighted by Crippen LogP contribution is 2.26. The maximum absolute atomic E-state index is 12.2. The summed E-state index contributed by atoms with van der Waals surface area (Å²) in [6, 6.07) is 17.8. The molecule has 0 aliphatic carbocycles. The summed E-state index contributed by atoms with van der Waals surface area (Å²) >= 11 is 1.35. The van der Waals surface area contributed by atoms with Crippen LogP contribution in [-0.2, 0) is 4.79 Å². The van der Waals surface area contributed by atoms with Crippen LogP contribution in [0.15, 0.2) is 66.1 Å². The van der Waals surface area contributed by atoms with Crippen LogP contribution in [0, 0.1) is 0 Å². The van der Waals surface area contributed by atoms with E-state index >= 15 is 0 Å². The largest absolute Gasteiger partial charge is 0.495 e. The minimum Gasteiger partial charge on any atom is -0.495 e. The number of amides is 1. The third-order valence-electron chi connectivity index (χ3n) is 4.38. The summed E-state index contributed by atoms with van der Waals surface area (Å²) in [5, 5.41) is 11.7. The van der Waals surface area contributed by atoms with Crippen molar-refractivity contribution in [2.24, 2.45) is 0 Å². The average molecular weight is 412 g/mol. The Morgan fingerprint density at radius 1 is 1.17 bits per heavy atom. The topological polar surface area (TPSA) is 72.3 Å². The molecule has 0 saturated heterocycles. The van der Waals surface area contributed by atoms with Gasteiger partial charge in [0.2, 0.25) is 5.91 Å². The molecule has 0 atom stereocenters. The van der Waals surface area contributed by atoms with Crippen molar-refractivity contribution in [2.75, 3.05) is 37.9 Å². The summed E-state index contributed by atoms with van der Waals surface area (Å²) < 4.78 is 7.22. The number of aromatic nitrogens is 3. The number of carbonyl (C=O) groups excluding carboxylic acids is 1. The molecule has 8 heteroatoms. The lowest BCUT2D eigenvalue weighted by atomic mass is 10.3. The van der Waals surface area contributed by atoms with E-state index in [1.165, 1.54) is 17.4 Å². The van der Waals surface area contributed by atoms with E-state index < -0.39 is 0 Å². The zero-order valence-electron chi connectivity index (χ0n) is 16.6. The second-order valence-corrected chi connectivity index (χ2v) is 7.35. The predicted octanol–water partition coefficient (Wildman–Crippen LogP) is 3.01. The summed E-state index contributed by atoms with van der Waals surface area (Å²) in [5.41, 5.74) is 2.01. The minimum atomic E-state index is -0.0214. The Bertz CT molecular complexity index is 916. The molecule has 0 radical (unpaired) electrons. The minimum absolute atomic E-state index is 0.0214. The highest BCUT2D eigenvalue weighted by molar-refractivity contribution is 7.99. The van der Waals surface area contributed by atoms with Crippen LogP contribution in [0.25, 0.3) is 5.69 Å². The number of hydrogen-bond donors (Lipinski definition) is 1. The molecular formula is C21H25N5O2S. The van der Waals surface area contributed by atoms with E-state index in [4.69, 9.17) is 4.74 Å². The number of benzene rings is 2. The normalized spacial score (nSPS) is 10.6. The second kappa shape index (κ2) is 10.5.